The van der Waals surface area contributed by atoms with Gasteiger partial charge >= 0.3 is 0 Å². The van der Waals surface area contributed by atoms with Crippen molar-refractivity contribution in [2.75, 3.05) is 11.1 Å². The molecule has 1 fully saturated rings. The molecular formula is C12H18ClN3O. The van der Waals surface area contributed by atoms with Crippen LogP contribution in [0, 0.1) is 5.41 Å². The summed E-state index contributed by atoms with van der Waals surface area (Å²) >= 11 is 0. The van der Waals surface area contributed by atoms with Gasteiger partial charge in [-0.05, 0) is 31.4 Å². The summed E-state index contributed by atoms with van der Waals surface area (Å²) in [5.41, 5.74) is 6.07. The number of nitrogens with two attached hydrogens (primary N) is 1. The van der Waals surface area contributed by atoms with Crippen molar-refractivity contribution in [1.29, 1.82) is 0 Å². The van der Waals surface area contributed by atoms with E-state index < -0.39 is 0 Å². The summed E-state index contributed by atoms with van der Waals surface area (Å²) < 4.78 is 0. The van der Waals surface area contributed by atoms with Gasteiger partial charge in [-0.1, -0.05) is 13.3 Å². The number of nitrogen functional groups attached to an aromatic ring is 1. The van der Waals surface area contributed by atoms with E-state index in [-0.39, 0.29) is 23.7 Å². The first-order chi connectivity index (χ1) is 7.66. The largest absolute Gasteiger partial charge is 0.384 e. The Hall–Kier alpha value is -1.29. The molecule has 17 heavy (non-hydrogen) atoms. The molecule has 0 bridgehead atoms. The lowest BCUT2D eigenvalue weighted by molar-refractivity contribution is -0.130. The van der Waals surface area contributed by atoms with E-state index in [0.717, 1.165) is 31.4 Å². The zero-order chi connectivity index (χ0) is 11.6. The van der Waals surface area contributed by atoms with Gasteiger partial charge in [0.15, 0.2) is 0 Å². The maximum absolute atomic E-state index is 12.1. The van der Waals surface area contributed by atoms with Gasteiger partial charge in [0.2, 0.25) is 5.91 Å². The smallest absolute Gasteiger partial charge is 0.230 e. The summed E-state index contributed by atoms with van der Waals surface area (Å²) in [6.45, 7) is 2.07. The summed E-state index contributed by atoms with van der Waals surface area (Å²) in [7, 11) is 0. The minimum atomic E-state index is -0.138. The molecule has 0 unspecified atom stereocenters. The molecule has 1 aromatic rings. The maximum Gasteiger partial charge on any atom is 0.230 e. The van der Waals surface area contributed by atoms with Crippen molar-refractivity contribution < 1.29 is 4.79 Å². The zero-order valence-corrected chi connectivity index (χ0v) is 10.7. The third-order valence-electron chi connectivity index (χ3n) is 3.51. The van der Waals surface area contributed by atoms with Crippen molar-refractivity contribution in [3.05, 3.63) is 18.3 Å². The second kappa shape index (κ2) is 5.36. The van der Waals surface area contributed by atoms with E-state index >= 15 is 0 Å². The fraction of sp³-hybridized carbons (Fsp3) is 0.500. The first-order valence-electron chi connectivity index (χ1n) is 5.69. The monoisotopic (exact) mass is 255 g/mol. The van der Waals surface area contributed by atoms with E-state index in [2.05, 4.69) is 17.2 Å². The van der Waals surface area contributed by atoms with Crippen LogP contribution in [-0.4, -0.2) is 10.9 Å². The van der Waals surface area contributed by atoms with Gasteiger partial charge in [0.05, 0.1) is 11.9 Å². The van der Waals surface area contributed by atoms with Gasteiger partial charge in [-0.25, -0.2) is 4.98 Å². The lowest BCUT2D eigenvalue weighted by Gasteiger charge is -2.39. The van der Waals surface area contributed by atoms with Gasteiger partial charge in [-0.3, -0.25) is 4.79 Å². The highest BCUT2D eigenvalue weighted by molar-refractivity contribution is 5.95. The Morgan fingerprint density at radius 3 is 2.65 bits per heavy atom. The van der Waals surface area contributed by atoms with Gasteiger partial charge in [-0.15, -0.1) is 12.4 Å². The van der Waals surface area contributed by atoms with Crippen LogP contribution in [0.2, 0.25) is 0 Å². The van der Waals surface area contributed by atoms with Crippen molar-refractivity contribution >= 4 is 29.8 Å². The Labute approximate surface area is 107 Å². The fourth-order valence-corrected chi connectivity index (χ4v) is 2.09. The Kier molecular flexibility index (Phi) is 4.34. The van der Waals surface area contributed by atoms with E-state index in [1.165, 1.54) is 0 Å². The number of anilines is 2. The van der Waals surface area contributed by atoms with Crippen LogP contribution >= 0.6 is 12.4 Å². The number of hydrogen-bond acceptors (Lipinski definition) is 3. The molecule has 5 heteroatoms. The number of amides is 1. The Bertz CT molecular complexity index is 382. The second-order valence-electron chi connectivity index (χ2n) is 4.41. The van der Waals surface area contributed by atoms with Crippen LogP contribution < -0.4 is 11.1 Å². The highest BCUT2D eigenvalue weighted by Crippen LogP contribution is 2.44. The van der Waals surface area contributed by atoms with Crippen molar-refractivity contribution in [2.24, 2.45) is 5.41 Å². The summed E-state index contributed by atoms with van der Waals surface area (Å²) in [5, 5.41) is 2.91. The number of carbonyl (C=O) groups is 1. The van der Waals surface area contributed by atoms with Crippen LogP contribution in [0.1, 0.15) is 32.6 Å². The van der Waals surface area contributed by atoms with Gasteiger partial charge in [0, 0.05) is 5.41 Å². The molecule has 94 valence electrons. The summed E-state index contributed by atoms with van der Waals surface area (Å²) in [6, 6.07) is 3.47. The van der Waals surface area contributed by atoms with Crippen molar-refractivity contribution in [3.63, 3.8) is 0 Å². The third kappa shape index (κ3) is 2.69. The SMILES string of the molecule is CCC1(C(=O)Nc2ccc(N)nc2)CCC1.Cl. The molecule has 2 rings (SSSR count). The van der Waals surface area contributed by atoms with Gasteiger partial charge < -0.3 is 11.1 Å². The average Bonchev–Trinajstić information content (AvgIpc) is 2.21. The van der Waals surface area contributed by atoms with Crippen LogP contribution in [0.15, 0.2) is 18.3 Å². The summed E-state index contributed by atoms with van der Waals surface area (Å²) in [4.78, 5) is 16.0. The number of nitrogens with one attached hydrogen (secondary N) is 1. The number of aromatic nitrogens is 1. The van der Waals surface area contributed by atoms with Crippen LogP contribution in [0.5, 0.6) is 0 Å². The number of rotatable bonds is 3. The van der Waals surface area contributed by atoms with Gasteiger partial charge in [-0.2, -0.15) is 0 Å². The Morgan fingerprint density at radius 2 is 2.24 bits per heavy atom. The number of halogens is 1. The summed E-state index contributed by atoms with van der Waals surface area (Å²) in [5.74, 6) is 0.583. The number of nitrogens with zero attached hydrogens (tertiary/aromatic N) is 1. The molecular weight excluding hydrogens is 238 g/mol. The average molecular weight is 256 g/mol. The standard InChI is InChI=1S/C12H17N3O.ClH/c1-2-12(6-3-7-12)11(16)15-9-4-5-10(13)14-8-9;/h4-5,8H,2-3,6-7H2,1H3,(H2,13,14)(H,15,16);1H. The molecule has 1 aromatic heterocycles. The van der Waals surface area contributed by atoms with E-state index in [1.54, 1.807) is 18.3 Å². The normalized spacial score (nSPS) is 16.5. The molecule has 0 radical (unpaired) electrons. The van der Waals surface area contributed by atoms with E-state index in [4.69, 9.17) is 5.73 Å². The van der Waals surface area contributed by atoms with Crippen LogP contribution in [0.25, 0.3) is 0 Å². The summed E-state index contributed by atoms with van der Waals surface area (Å²) in [6.07, 6.45) is 5.65. The molecule has 4 nitrogen and oxygen atoms in total. The lowest BCUT2D eigenvalue weighted by Crippen LogP contribution is -2.41. The molecule has 0 aromatic carbocycles. The van der Waals surface area contributed by atoms with Crippen molar-refractivity contribution in [1.82, 2.24) is 4.98 Å². The molecule has 0 aliphatic heterocycles. The first-order valence-corrected chi connectivity index (χ1v) is 5.69. The minimum Gasteiger partial charge on any atom is -0.384 e. The second-order valence-corrected chi connectivity index (χ2v) is 4.41. The van der Waals surface area contributed by atoms with E-state index in [9.17, 15) is 4.79 Å². The minimum absolute atomic E-state index is 0. The predicted molar refractivity (Wildman–Crippen MR) is 71.1 cm³/mol. The molecule has 1 aliphatic carbocycles. The number of carbonyl (C=O) groups excluding carboxylic acids is 1. The first kappa shape index (κ1) is 13.8. The van der Waals surface area contributed by atoms with E-state index in [1.807, 2.05) is 0 Å². The number of hydrogen-bond donors (Lipinski definition) is 2. The maximum atomic E-state index is 12.1. The van der Waals surface area contributed by atoms with Gasteiger partial charge in [0.25, 0.3) is 0 Å². The Morgan fingerprint density at radius 1 is 1.53 bits per heavy atom. The molecule has 1 heterocycles. The molecule has 1 amide bonds. The molecule has 1 saturated carbocycles. The van der Waals surface area contributed by atoms with Crippen LogP contribution in [0.4, 0.5) is 11.5 Å². The lowest BCUT2D eigenvalue weighted by atomic mass is 9.66. The molecule has 1 aliphatic rings. The van der Waals surface area contributed by atoms with Crippen LogP contribution in [0.3, 0.4) is 0 Å². The highest BCUT2D eigenvalue weighted by Gasteiger charge is 2.42. The van der Waals surface area contributed by atoms with E-state index in [0.29, 0.717) is 5.82 Å². The molecule has 0 saturated heterocycles. The van der Waals surface area contributed by atoms with Crippen molar-refractivity contribution in [3.8, 4) is 0 Å². The topological polar surface area (TPSA) is 68.0 Å². The van der Waals surface area contributed by atoms with Crippen LogP contribution in [-0.2, 0) is 4.79 Å². The molecule has 3 N–H and O–H groups in total. The zero-order valence-electron chi connectivity index (χ0n) is 9.90. The van der Waals surface area contributed by atoms with Crippen molar-refractivity contribution in [2.45, 2.75) is 32.6 Å². The third-order valence-corrected chi connectivity index (χ3v) is 3.51. The highest BCUT2D eigenvalue weighted by atomic mass is 35.5. The quantitative estimate of drug-likeness (QED) is 0.872. The number of pyridine rings is 1. The molecule has 0 atom stereocenters. The fourth-order valence-electron chi connectivity index (χ4n) is 2.09. The predicted octanol–water partition coefficient (Wildman–Crippen LogP) is 2.60. The van der Waals surface area contributed by atoms with Gasteiger partial charge in [0.1, 0.15) is 5.82 Å². The molecule has 0 spiro atoms. The Balaban J connectivity index is 0.00000144.